The standard InChI is InChI=1S/C11H20N2S/c1-11(2,3)10(13-12)5-4-9-6-7-14-8-9/h6-8,10,13H,4-5,12H2,1-3H3. The highest BCUT2D eigenvalue weighted by atomic mass is 32.1. The highest BCUT2D eigenvalue weighted by Crippen LogP contribution is 2.22. The van der Waals surface area contributed by atoms with E-state index >= 15 is 0 Å². The summed E-state index contributed by atoms with van der Waals surface area (Å²) in [6.45, 7) is 6.64. The smallest absolute Gasteiger partial charge is 0.0262 e. The highest BCUT2D eigenvalue weighted by Gasteiger charge is 2.22. The average Bonchev–Trinajstić information content (AvgIpc) is 2.55. The van der Waals surface area contributed by atoms with Crippen LogP contribution in [0.15, 0.2) is 16.8 Å². The van der Waals surface area contributed by atoms with E-state index in [1.54, 1.807) is 11.3 Å². The Kier molecular flexibility index (Phi) is 4.11. The van der Waals surface area contributed by atoms with Crippen molar-refractivity contribution in [2.45, 2.75) is 39.7 Å². The van der Waals surface area contributed by atoms with Crippen LogP contribution in [-0.2, 0) is 6.42 Å². The van der Waals surface area contributed by atoms with Crippen molar-refractivity contribution in [2.24, 2.45) is 11.3 Å². The molecule has 0 aliphatic rings. The van der Waals surface area contributed by atoms with Crippen LogP contribution in [0.5, 0.6) is 0 Å². The summed E-state index contributed by atoms with van der Waals surface area (Å²) in [6.07, 6.45) is 2.20. The minimum absolute atomic E-state index is 0.227. The lowest BCUT2D eigenvalue weighted by Crippen LogP contribution is -2.44. The third kappa shape index (κ3) is 3.40. The number of aryl methyl sites for hydroxylation is 1. The van der Waals surface area contributed by atoms with Crippen LogP contribution in [0.1, 0.15) is 32.8 Å². The minimum atomic E-state index is 0.227. The van der Waals surface area contributed by atoms with E-state index < -0.39 is 0 Å². The van der Waals surface area contributed by atoms with Gasteiger partial charge in [-0.25, -0.2) is 0 Å². The average molecular weight is 212 g/mol. The van der Waals surface area contributed by atoms with E-state index in [2.05, 4.69) is 43.0 Å². The van der Waals surface area contributed by atoms with Gasteiger partial charge >= 0.3 is 0 Å². The molecule has 1 heterocycles. The van der Waals surface area contributed by atoms with Gasteiger partial charge in [-0.15, -0.1) is 0 Å². The van der Waals surface area contributed by atoms with E-state index in [0.29, 0.717) is 6.04 Å². The molecule has 1 atom stereocenters. The maximum Gasteiger partial charge on any atom is 0.0262 e. The zero-order valence-electron chi connectivity index (χ0n) is 9.21. The second kappa shape index (κ2) is 4.91. The second-order valence-electron chi connectivity index (χ2n) is 4.76. The monoisotopic (exact) mass is 212 g/mol. The molecular formula is C11H20N2S. The van der Waals surface area contributed by atoms with Crippen LogP contribution in [0.3, 0.4) is 0 Å². The van der Waals surface area contributed by atoms with Crippen molar-refractivity contribution < 1.29 is 0 Å². The molecule has 14 heavy (non-hydrogen) atoms. The number of hydrazine groups is 1. The van der Waals surface area contributed by atoms with Crippen molar-refractivity contribution in [3.05, 3.63) is 22.4 Å². The fourth-order valence-electron chi connectivity index (χ4n) is 1.51. The lowest BCUT2D eigenvalue weighted by Gasteiger charge is -2.29. The van der Waals surface area contributed by atoms with Gasteiger partial charge in [-0.1, -0.05) is 20.8 Å². The summed E-state index contributed by atoms with van der Waals surface area (Å²) in [5.41, 5.74) is 4.55. The molecule has 2 nitrogen and oxygen atoms in total. The van der Waals surface area contributed by atoms with E-state index in [9.17, 15) is 0 Å². The number of thiophene rings is 1. The first-order chi connectivity index (χ1) is 6.54. The van der Waals surface area contributed by atoms with E-state index in [1.165, 1.54) is 5.56 Å². The van der Waals surface area contributed by atoms with Gasteiger partial charge in [0.25, 0.3) is 0 Å². The third-order valence-electron chi connectivity index (χ3n) is 2.55. The first-order valence-electron chi connectivity index (χ1n) is 5.01. The van der Waals surface area contributed by atoms with E-state index in [4.69, 9.17) is 5.84 Å². The fourth-order valence-corrected chi connectivity index (χ4v) is 2.22. The molecule has 0 amide bonds. The topological polar surface area (TPSA) is 38.0 Å². The van der Waals surface area contributed by atoms with Gasteiger partial charge in [0.15, 0.2) is 0 Å². The number of hydrogen-bond acceptors (Lipinski definition) is 3. The molecule has 0 aliphatic carbocycles. The number of nitrogens with two attached hydrogens (primary N) is 1. The van der Waals surface area contributed by atoms with Crippen LogP contribution in [0.4, 0.5) is 0 Å². The van der Waals surface area contributed by atoms with Gasteiger partial charge in [0.2, 0.25) is 0 Å². The first-order valence-corrected chi connectivity index (χ1v) is 5.95. The maximum atomic E-state index is 5.55. The Balaban J connectivity index is 2.43. The van der Waals surface area contributed by atoms with Gasteiger partial charge in [-0.3, -0.25) is 11.3 Å². The van der Waals surface area contributed by atoms with E-state index in [-0.39, 0.29) is 5.41 Å². The van der Waals surface area contributed by atoms with Crippen LogP contribution in [0.25, 0.3) is 0 Å². The van der Waals surface area contributed by atoms with Crippen molar-refractivity contribution in [2.75, 3.05) is 0 Å². The molecule has 0 saturated heterocycles. The summed E-state index contributed by atoms with van der Waals surface area (Å²) in [5.74, 6) is 5.55. The van der Waals surface area contributed by atoms with Crippen LogP contribution in [0, 0.1) is 5.41 Å². The minimum Gasteiger partial charge on any atom is -0.271 e. The molecule has 1 unspecified atom stereocenters. The molecule has 0 saturated carbocycles. The normalized spacial score (nSPS) is 14.3. The Bertz CT molecular complexity index is 249. The van der Waals surface area contributed by atoms with Crippen LogP contribution >= 0.6 is 11.3 Å². The summed E-state index contributed by atoms with van der Waals surface area (Å²) < 4.78 is 0. The van der Waals surface area contributed by atoms with Crippen LogP contribution in [-0.4, -0.2) is 6.04 Å². The highest BCUT2D eigenvalue weighted by molar-refractivity contribution is 7.07. The predicted octanol–water partition coefficient (Wildman–Crippen LogP) is 2.56. The van der Waals surface area contributed by atoms with Crippen LogP contribution in [0.2, 0.25) is 0 Å². The van der Waals surface area contributed by atoms with Crippen molar-refractivity contribution in [3.63, 3.8) is 0 Å². The van der Waals surface area contributed by atoms with Gasteiger partial charge in [0, 0.05) is 6.04 Å². The van der Waals surface area contributed by atoms with Crippen molar-refractivity contribution in [1.29, 1.82) is 0 Å². The molecule has 1 aromatic heterocycles. The van der Waals surface area contributed by atoms with Gasteiger partial charge in [-0.05, 0) is 40.6 Å². The Morgan fingerprint density at radius 1 is 1.50 bits per heavy atom. The molecule has 80 valence electrons. The van der Waals surface area contributed by atoms with Crippen molar-refractivity contribution in [1.82, 2.24) is 5.43 Å². The molecule has 0 bridgehead atoms. The zero-order valence-corrected chi connectivity index (χ0v) is 10.0. The van der Waals surface area contributed by atoms with E-state index in [0.717, 1.165) is 12.8 Å². The van der Waals surface area contributed by atoms with Crippen LogP contribution < -0.4 is 11.3 Å². The Morgan fingerprint density at radius 3 is 2.64 bits per heavy atom. The SMILES string of the molecule is CC(C)(C)C(CCc1ccsc1)NN. The lowest BCUT2D eigenvalue weighted by molar-refractivity contribution is 0.257. The van der Waals surface area contributed by atoms with Gasteiger partial charge in [-0.2, -0.15) is 11.3 Å². The quantitative estimate of drug-likeness (QED) is 0.594. The van der Waals surface area contributed by atoms with Gasteiger partial charge in [0.05, 0.1) is 0 Å². The predicted molar refractivity (Wildman–Crippen MR) is 63.2 cm³/mol. The summed E-state index contributed by atoms with van der Waals surface area (Å²) >= 11 is 1.75. The lowest BCUT2D eigenvalue weighted by atomic mass is 9.84. The summed E-state index contributed by atoms with van der Waals surface area (Å²) in [4.78, 5) is 0. The summed E-state index contributed by atoms with van der Waals surface area (Å²) in [7, 11) is 0. The van der Waals surface area contributed by atoms with E-state index in [1.807, 2.05) is 0 Å². The molecule has 0 spiro atoms. The Morgan fingerprint density at radius 2 is 2.21 bits per heavy atom. The molecular weight excluding hydrogens is 192 g/mol. The second-order valence-corrected chi connectivity index (χ2v) is 5.54. The third-order valence-corrected chi connectivity index (χ3v) is 3.28. The van der Waals surface area contributed by atoms with Gasteiger partial charge < -0.3 is 0 Å². The number of rotatable bonds is 4. The Hall–Kier alpha value is -0.380. The molecule has 0 fully saturated rings. The van der Waals surface area contributed by atoms with Gasteiger partial charge in [0.1, 0.15) is 0 Å². The van der Waals surface area contributed by atoms with Crippen molar-refractivity contribution in [3.8, 4) is 0 Å². The molecule has 1 rings (SSSR count). The molecule has 3 heteroatoms. The summed E-state index contributed by atoms with van der Waals surface area (Å²) in [5, 5.41) is 4.33. The molecule has 0 aromatic carbocycles. The number of hydrogen-bond donors (Lipinski definition) is 2. The molecule has 0 aliphatic heterocycles. The first kappa shape index (κ1) is 11.7. The molecule has 3 N–H and O–H groups in total. The zero-order chi connectivity index (χ0) is 10.6. The largest absolute Gasteiger partial charge is 0.271 e. The van der Waals surface area contributed by atoms with Crippen molar-refractivity contribution >= 4 is 11.3 Å². The number of nitrogens with one attached hydrogen (secondary N) is 1. The summed E-state index contributed by atoms with van der Waals surface area (Å²) in [6, 6.07) is 2.56. The molecule has 1 aromatic rings. The fraction of sp³-hybridized carbons (Fsp3) is 0.636. The maximum absolute atomic E-state index is 5.55. The Labute approximate surface area is 90.5 Å². The molecule has 0 radical (unpaired) electrons.